The minimum absolute atomic E-state index is 0.352. The van der Waals surface area contributed by atoms with E-state index in [1.807, 2.05) is 0 Å². The van der Waals surface area contributed by atoms with Gasteiger partial charge in [-0.05, 0) is 24.6 Å². The Bertz CT molecular complexity index is 511. The van der Waals surface area contributed by atoms with E-state index in [0.717, 1.165) is 10.5 Å². The fourth-order valence-electron chi connectivity index (χ4n) is 1.56. The molecule has 0 bridgehead atoms. The van der Waals surface area contributed by atoms with E-state index in [1.54, 1.807) is 31.2 Å². The molecule has 0 fully saturated rings. The van der Waals surface area contributed by atoms with Gasteiger partial charge in [0.15, 0.2) is 0 Å². The average molecular weight is 230 g/mol. The fraction of sp³-hybridized carbons (Fsp3) is 0.0833. The number of nitrogens with zero attached hydrogens (tertiary/aromatic N) is 2. The van der Waals surface area contributed by atoms with E-state index in [1.165, 1.54) is 12.2 Å². The summed E-state index contributed by atoms with van der Waals surface area (Å²) < 4.78 is 0. The van der Waals surface area contributed by atoms with Crippen LogP contribution in [-0.2, 0) is 9.59 Å². The Morgan fingerprint density at radius 2 is 1.65 bits per heavy atom. The minimum Gasteiger partial charge on any atom is -0.411 e. The number of hydrogen-bond donors (Lipinski definition) is 1. The van der Waals surface area contributed by atoms with Crippen LogP contribution in [0, 0.1) is 0 Å². The molecule has 0 atom stereocenters. The third kappa shape index (κ3) is 1.94. The van der Waals surface area contributed by atoms with Crippen LogP contribution in [0.5, 0.6) is 0 Å². The second kappa shape index (κ2) is 4.21. The van der Waals surface area contributed by atoms with Crippen LogP contribution in [0.1, 0.15) is 12.5 Å². The van der Waals surface area contributed by atoms with E-state index in [-0.39, 0.29) is 11.8 Å². The number of oxime groups is 1. The Morgan fingerprint density at radius 1 is 1.12 bits per heavy atom. The van der Waals surface area contributed by atoms with Gasteiger partial charge in [-0.1, -0.05) is 17.3 Å². The maximum Gasteiger partial charge on any atom is 0.258 e. The van der Waals surface area contributed by atoms with E-state index >= 15 is 0 Å². The van der Waals surface area contributed by atoms with Crippen molar-refractivity contribution in [2.45, 2.75) is 6.92 Å². The molecule has 1 aromatic rings. The molecule has 0 radical (unpaired) electrons. The van der Waals surface area contributed by atoms with Crippen molar-refractivity contribution in [2.75, 3.05) is 4.90 Å². The Balaban J connectivity index is 2.30. The fourth-order valence-corrected chi connectivity index (χ4v) is 1.56. The van der Waals surface area contributed by atoms with Gasteiger partial charge in [-0.15, -0.1) is 0 Å². The van der Waals surface area contributed by atoms with Gasteiger partial charge in [0.1, 0.15) is 0 Å². The molecule has 1 aliphatic rings. The maximum atomic E-state index is 11.4. The molecule has 86 valence electrons. The van der Waals surface area contributed by atoms with Crippen molar-refractivity contribution >= 4 is 23.2 Å². The molecule has 1 N–H and O–H groups in total. The largest absolute Gasteiger partial charge is 0.411 e. The molecule has 1 heterocycles. The SMILES string of the molecule is C/C(=N\O)c1ccc(N2C(=O)C=CC2=O)cc1. The summed E-state index contributed by atoms with van der Waals surface area (Å²) in [7, 11) is 0. The van der Waals surface area contributed by atoms with Crippen molar-refractivity contribution in [3.8, 4) is 0 Å². The highest BCUT2D eigenvalue weighted by atomic mass is 16.4. The Hall–Kier alpha value is -2.43. The predicted octanol–water partition coefficient (Wildman–Crippen LogP) is 1.31. The quantitative estimate of drug-likeness (QED) is 0.360. The smallest absolute Gasteiger partial charge is 0.258 e. The standard InChI is InChI=1S/C12H10N2O3/c1-8(13-17)9-2-4-10(5-3-9)14-11(15)6-7-12(14)16/h2-7,17H,1H3/b13-8+. The van der Waals surface area contributed by atoms with Crippen LogP contribution in [0.3, 0.4) is 0 Å². The third-order valence-electron chi connectivity index (χ3n) is 2.50. The number of benzene rings is 1. The summed E-state index contributed by atoms with van der Waals surface area (Å²) in [5, 5.41) is 11.7. The van der Waals surface area contributed by atoms with Crippen molar-refractivity contribution in [1.82, 2.24) is 0 Å². The van der Waals surface area contributed by atoms with E-state index in [2.05, 4.69) is 5.16 Å². The van der Waals surface area contributed by atoms with Gasteiger partial charge in [0.2, 0.25) is 0 Å². The molecular formula is C12H10N2O3. The number of hydrogen-bond acceptors (Lipinski definition) is 4. The van der Waals surface area contributed by atoms with Gasteiger partial charge in [0.25, 0.3) is 11.8 Å². The lowest BCUT2D eigenvalue weighted by molar-refractivity contribution is -0.119. The molecule has 1 aliphatic heterocycles. The summed E-state index contributed by atoms with van der Waals surface area (Å²) in [6.45, 7) is 1.66. The zero-order chi connectivity index (χ0) is 12.4. The van der Waals surface area contributed by atoms with Crippen molar-refractivity contribution in [1.29, 1.82) is 0 Å². The highest BCUT2D eigenvalue weighted by Gasteiger charge is 2.24. The summed E-state index contributed by atoms with van der Waals surface area (Å²) in [6.07, 6.45) is 2.47. The van der Waals surface area contributed by atoms with Crippen LogP contribution in [0.15, 0.2) is 41.6 Å². The predicted molar refractivity (Wildman–Crippen MR) is 62.1 cm³/mol. The summed E-state index contributed by atoms with van der Waals surface area (Å²) in [5.41, 5.74) is 1.69. The van der Waals surface area contributed by atoms with Gasteiger partial charge in [-0.2, -0.15) is 0 Å². The van der Waals surface area contributed by atoms with Gasteiger partial charge in [0, 0.05) is 12.2 Å². The van der Waals surface area contributed by atoms with Gasteiger partial charge in [-0.25, -0.2) is 4.90 Å². The first-order valence-corrected chi connectivity index (χ1v) is 4.98. The highest BCUT2D eigenvalue weighted by Crippen LogP contribution is 2.19. The zero-order valence-corrected chi connectivity index (χ0v) is 9.12. The molecule has 17 heavy (non-hydrogen) atoms. The minimum atomic E-state index is -0.352. The number of carbonyl (C=O) groups is 2. The second-order valence-electron chi connectivity index (χ2n) is 3.58. The molecule has 2 rings (SSSR count). The average Bonchev–Trinajstić information content (AvgIpc) is 2.68. The van der Waals surface area contributed by atoms with Crippen LogP contribution >= 0.6 is 0 Å². The van der Waals surface area contributed by atoms with Crippen molar-refractivity contribution < 1.29 is 14.8 Å². The van der Waals surface area contributed by atoms with Gasteiger partial charge in [0.05, 0.1) is 11.4 Å². The summed E-state index contributed by atoms with van der Waals surface area (Å²) in [6, 6.07) is 6.63. The maximum absolute atomic E-state index is 11.4. The molecule has 0 aromatic heterocycles. The first-order chi connectivity index (χ1) is 8.13. The molecule has 5 heteroatoms. The lowest BCUT2D eigenvalue weighted by Gasteiger charge is -2.13. The Morgan fingerprint density at radius 3 is 2.12 bits per heavy atom. The van der Waals surface area contributed by atoms with Gasteiger partial charge in [-0.3, -0.25) is 9.59 Å². The van der Waals surface area contributed by atoms with Crippen molar-refractivity contribution in [3.05, 3.63) is 42.0 Å². The van der Waals surface area contributed by atoms with E-state index < -0.39 is 0 Å². The van der Waals surface area contributed by atoms with Crippen molar-refractivity contribution in [3.63, 3.8) is 0 Å². The molecule has 0 saturated heterocycles. The normalized spacial score (nSPS) is 15.8. The molecule has 2 amide bonds. The number of imide groups is 1. The Labute approximate surface area is 97.7 Å². The first-order valence-electron chi connectivity index (χ1n) is 4.98. The van der Waals surface area contributed by atoms with Crippen LogP contribution in [0.4, 0.5) is 5.69 Å². The molecule has 0 aliphatic carbocycles. The van der Waals surface area contributed by atoms with Gasteiger partial charge >= 0.3 is 0 Å². The number of carbonyl (C=O) groups excluding carboxylic acids is 2. The van der Waals surface area contributed by atoms with E-state index in [9.17, 15) is 9.59 Å². The zero-order valence-electron chi connectivity index (χ0n) is 9.12. The van der Waals surface area contributed by atoms with E-state index in [4.69, 9.17) is 5.21 Å². The lowest BCUT2D eigenvalue weighted by Crippen LogP contribution is -2.29. The van der Waals surface area contributed by atoms with Crippen LogP contribution in [-0.4, -0.2) is 22.7 Å². The monoisotopic (exact) mass is 230 g/mol. The summed E-state index contributed by atoms with van der Waals surface area (Å²) in [4.78, 5) is 23.9. The van der Waals surface area contributed by atoms with Crippen molar-refractivity contribution in [2.24, 2.45) is 5.16 Å². The topological polar surface area (TPSA) is 70.0 Å². The number of anilines is 1. The summed E-state index contributed by atoms with van der Waals surface area (Å²) >= 11 is 0. The van der Waals surface area contributed by atoms with Crippen LogP contribution in [0.25, 0.3) is 0 Å². The molecule has 0 unspecified atom stereocenters. The number of rotatable bonds is 2. The Kier molecular flexibility index (Phi) is 2.74. The molecule has 5 nitrogen and oxygen atoms in total. The lowest BCUT2D eigenvalue weighted by atomic mass is 10.1. The first kappa shape index (κ1) is 11.1. The van der Waals surface area contributed by atoms with Gasteiger partial charge < -0.3 is 5.21 Å². The van der Waals surface area contributed by atoms with Crippen LogP contribution < -0.4 is 4.90 Å². The van der Waals surface area contributed by atoms with Crippen LogP contribution in [0.2, 0.25) is 0 Å². The molecule has 0 saturated carbocycles. The highest BCUT2D eigenvalue weighted by molar-refractivity contribution is 6.28. The second-order valence-corrected chi connectivity index (χ2v) is 3.58. The van der Waals surface area contributed by atoms with E-state index in [0.29, 0.717) is 11.4 Å². The number of amides is 2. The molecule has 1 aromatic carbocycles. The summed E-state index contributed by atoms with van der Waals surface area (Å²) in [5.74, 6) is -0.703. The molecular weight excluding hydrogens is 220 g/mol. The molecule has 0 spiro atoms. The third-order valence-corrected chi connectivity index (χ3v) is 2.50.